The van der Waals surface area contributed by atoms with Gasteiger partial charge in [-0.2, -0.15) is 0 Å². The lowest BCUT2D eigenvalue weighted by molar-refractivity contribution is 1.04. The van der Waals surface area contributed by atoms with Crippen molar-refractivity contribution in [2.24, 2.45) is 0 Å². The molecule has 2 heterocycles. The van der Waals surface area contributed by atoms with E-state index in [2.05, 4.69) is 45.1 Å². The minimum atomic E-state index is 0.835. The zero-order valence-electron chi connectivity index (χ0n) is 10.0. The minimum absolute atomic E-state index is 0.835. The number of aromatic nitrogens is 2. The normalized spacial score (nSPS) is 10.6. The van der Waals surface area contributed by atoms with Crippen LogP contribution >= 0.6 is 27.3 Å². The van der Waals surface area contributed by atoms with Crippen LogP contribution in [0.4, 0.5) is 10.9 Å². The number of aryl methyl sites for hydroxylation is 3. The maximum absolute atomic E-state index is 4.53. The van der Waals surface area contributed by atoms with Crippen LogP contribution in [0.1, 0.15) is 23.1 Å². The SMILES string of the molecule is CCc1nc(Nc2cc(C)c(Br)cn2)sc1C. The summed E-state index contributed by atoms with van der Waals surface area (Å²) in [5.41, 5.74) is 2.32. The summed E-state index contributed by atoms with van der Waals surface area (Å²) in [6.07, 6.45) is 2.77. The molecule has 1 N–H and O–H groups in total. The van der Waals surface area contributed by atoms with E-state index in [0.29, 0.717) is 0 Å². The van der Waals surface area contributed by atoms with E-state index in [1.165, 1.54) is 4.88 Å². The van der Waals surface area contributed by atoms with E-state index >= 15 is 0 Å². The van der Waals surface area contributed by atoms with Gasteiger partial charge in [0.25, 0.3) is 0 Å². The van der Waals surface area contributed by atoms with Gasteiger partial charge in [0.2, 0.25) is 0 Å². The molecule has 0 unspecified atom stereocenters. The highest BCUT2D eigenvalue weighted by atomic mass is 79.9. The molecule has 0 aromatic carbocycles. The molecule has 0 saturated heterocycles. The van der Waals surface area contributed by atoms with Crippen LogP contribution in [-0.4, -0.2) is 9.97 Å². The van der Waals surface area contributed by atoms with Gasteiger partial charge in [-0.25, -0.2) is 9.97 Å². The summed E-state index contributed by atoms with van der Waals surface area (Å²) in [5, 5.41) is 4.15. The Hall–Kier alpha value is -0.940. The summed E-state index contributed by atoms with van der Waals surface area (Å²) in [7, 11) is 0. The van der Waals surface area contributed by atoms with Gasteiger partial charge in [0, 0.05) is 15.5 Å². The number of anilines is 2. The van der Waals surface area contributed by atoms with Gasteiger partial charge in [-0.05, 0) is 47.8 Å². The third-order valence-corrected chi connectivity index (χ3v) is 4.27. The van der Waals surface area contributed by atoms with Crippen molar-refractivity contribution in [1.29, 1.82) is 0 Å². The second kappa shape index (κ2) is 5.14. The fourth-order valence-corrected chi connectivity index (χ4v) is 2.65. The highest BCUT2D eigenvalue weighted by Crippen LogP contribution is 2.26. The van der Waals surface area contributed by atoms with E-state index < -0.39 is 0 Å². The first-order valence-corrected chi connectivity index (χ1v) is 7.06. The van der Waals surface area contributed by atoms with Gasteiger partial charge < -0.3 is 5.32 Å². The summed E-state index contributed by atoms with van der Waals surface area (Å²) in [6, 6.07) is 2.01. The third-order valence-electron chi connectivity index (χ3n) is 2.51. The molecule has 0 atom stereocenters. The number of pyridine rings is 1. The van der Waals surface area contributed by atoms with Crippen molar-refractivity contribution in [1.82, 2.24) is 9.97 Å². The second-order valence-corrected chi connectivity index (χ2v) is 5.88. The largest absolute Gasteiger partial charge is 0.316 e. The molecule has 5 heteroatoms. The highest BCUT2D eigenvalue weighted by Gasteiger charge is 2.07. The quantitative estimate of drug-likeness (QED) is 0.922. The molecule has 0 radical (unpaired) electrons. The van der Waals surface area contributed by atoms with E-state index in [0.717, 1.165) is 33.1 Å². The lowest BCUT2D eigenvalue weighted by Crippen LogP contribution is -1.94. The fraction of sp³-hybridized carbons (Fsp3) is 0.333. The highest BCUT2D eigenvalue weighted by molar-refractivity contribution is 9.10. The molecule has 17 heavy (non-hydrogen) atoms. The predicted octanol–water partition coefficient (Wildman–Crippen LogP) is 4.22. The molecule has 0 aliphatic heterocycles. The Bertz CT molecular complexity index is 537. The van der Waals surface area contributed by atoms with Crippen LogP contribution in [0.2, 0.25) is 0 Å². The van der Waals surface area contributed by atoms with Crippen molar-refractivity contribution < 1.29 is 0 Å². The number of halogens is 1. The smallest absolute Gasteiger partial charge is 0.188 e. The van der Waals surface area contributed by atoms with Crippen LogP contribution in [0.25, 0.3) is 0 Å². The molecule has 0 saturated carbocycles. The van der Waals surface area contributed by atoms with Crippen LogP contribution in [0.15, 0.2) is 16.7 Å². The molecule has 2 rings (SSSR count). The van der Waals surface area contributed by atoms with Crippen molar-refractivity contribution in [2.75, 3.05) is 5.32 Å². The van der Waals surface area contributed by atoms with Crippen LogP contribution in [0.3, 0.4) is 0 Å². The molecule has 0 spiro atoms. The molecular weight excluding hydrogens is 298 g/mol. The van der Waals surface area contributed by atoms with Crippen molar-refractivity contribution in [3.05, 3.63) is 32.9 Å². The van der Waals surface area contributed by atoms with E-state index in [9.17, 15) is 0 Å². The number of rotatable bonds is 3. The Balaban J connectivity index is 2.22. The molecule has 0 amide bonds. The standard InChI is InChI=1S/C12H14BrN3S/c1-4-10-8(3)17-12(15-10)16-11-5-7(2)9(13)6-14-11/h5-6H,4H2,1-3H3,(H,14,15,16). The number of nitrogens with zero attached hydrogens (tertiary/aromatic N) is 2. The lowest BCUT2D eigenvalue weighted by Gasteiger charge is -2.03. The summed E-state index contributed by atoms with van der Waals surface area (Å²) in [5.74, 6) is 0.835. The topological polar surface area (TPSA) is 37.8 Å². The molecule has 90 valence electrons. The summed E-state index contributed by atoms with van der Waals surface area (Å²) in [6.45, 7) is 6.26. The van der Waals surface area contributed by atoms with Crippen molar-refractivity contribution in [3.63, 3.8) is 0 Å². The first-order chi connectivity index (χ1) is 8.10. The van der Waals surface area contributed by atoms with Crippen LogP contribution < -0.4 is 5.32 Å². The first-order valence-electron chi connectivity index (χ1n) is 5.45. The summed E-state index contributed by atoms with van der Waals surface area (Å²) in [4.78, 5) is 10.1. The summed E-state index contributed by atoms with van der Waals surface area (Å²) < 4.78 is 1.02. The van der Waals surface area contributed by atoms with Gasteiger partial charge in [-0.1, -0.05) is 6.92 Å². The van der Waals surface area contributed by atoms with E-state index in [4.69, 9.17) is 0 Å². The average molecular weight is 312 g/mol. The maximum atomic E-state index is 4.53. The average Bonchev–Trinajstić information content (AvgIpc) is 2.64. The predicted molar refractivity (Wildman–Crippen MR) is 76.2 cm³/mol. The Labute approximate surface area is 113 Å². The molecule has 0 aliphatic carbocycles. The van der Waals surface area contributed by atoms with Crippen molar-refractivity contribution in [2.45, 2.75) is 27.2 Å². The van der Waals surface area contributed by atoms with E-state index in [1.54, 1.807) is 17.5 Å². The van der Waals surface area contributed by atoms with Crippen LogP contribution in [0.5, 0.6) is 0 Å². The lowest BCUT2D eigenvalue weighted by atomic mass is 10.3. The zero-order chi connectivity index (χ0) is 12.4. The number of nitrogens with one attached hydrogen (secondary N) is 1. The Morgan fingerprint density at radius 3 is 2.76 bits per heavy atom. The third kappa shape index (κ3) is 2.84. The van der Waals surface area contributed by atoms with E-state index in [-0.39, 0.29) is 0 Å². The molecular formula is C12H14BrN3S. The number of hydrogen-bond acceptors (Lipinski definition) is 4. The fourth-order valence-electron chi connectivity index (χ4n) is 1.53. The van der Waals surface area contributed by atoms with Gasteiger partial charge in [-0.15, -0.1) is 11.3 Å². The van der Waals surface area contributed by atoms with Crippen LogP contribution in [-0.2, 0) is 6.42 Å². The molecule has 3 nitrogen and oxygen atoms in total. The van der Waals surface area contributed by atoms with Crippen molar-refractivity contribution >= 4 is 38.2 Å². The first kappa shape index (κ1) is 12.5. The van der Waals surface area contributed by atoms with Gasteiger partial charge in [-0.3, -0.25) is 0 Å². The van der Waals surface area contributed by atoms with E-state index in [1.807, 2.05) is 13.0 Å². The van der Waals surface area contributed by atoms with Crippen LogP contribution in [0, 0.1) is 13.8 Å². The summed E-state index contributed by atoms with van der Waals surface area (Å²) >= 11 is 5.11. The Kier molecular flexibility index (Phi) is 3.79. The molecule has 0 bridgehead atoms. The zero-order valence-corrected chi connectivity index (χ0v) is 12.4. The Morgan fingerprint density at radius 2 is 2.18 bits per heavy atom. The van der Waals surface area contributed by atoms with Crippen molar-refractivity contribution in [3.8, 4) is 0 Å². The van der Waals surface area contributed by atoms with Gasteiger partial charge in [0.1, 0.15) is 5.82 Å². The second-order valence-electron chi connectivity index (χ2n) is 3.82. The molecule has 2 aromatic rings. The number of hydrogen-bond donors (Lipinski definition) is 1. The maximum Gasteiger partial charge on any atom is 0.188 e. The Morgan fingerprint density at radius 1 is 1.41 bits per heavy atom. The number of thiazole rings is 1. The molecule has 0 aliphatic rings. The minimum Gasteiger partial charge on any atom is -0.316 e. The molecule has 0 fully saturated rings. The molecule has 2 aromatic heterocycles. The van der Waals surface area contributed by atoms with Gasteiger partial charge in [0.15, 0.2) is 5.13 Å². The van der Waals surface area contributed by atoms with Gasteiger partial charge >= 0.3 is 0 Å². The van der Waals surface area contributed by atoms with Gasteiger partial charge in [0.05, 0.1) is 5.69 Å². The monoisotopic (exact) mass is 311 g/mol.